The first-order valence-corrected chi connectivity index (χ1v) is 6.73. The van der Waals surface area contributed by atoms with Gasteiger partial charge in [-0.05, 0) is 44.9 Å². The Labute approximate surface area is 128 Å². The molecule has 0 aromatic heterocycles. The zero-order chi connectivity index (χ0) is 16.0. The molecule has 0 spiro atoms. The van der Waals surface area contributed by atoms with E-state index in [-0.39, 0.29) is 0 Å². The molecular formula is C15H18ClNO4. The Morgan fingerprint density at radius 3 is 2.62 bits per heavy atom. The fraction of sp³-hybridized carbons (Fsp3) is 0.333. The van der Waals surface area contributed by atoms with Crippen molar-refractivity contribution in [3.63, 3.8) is 0 Å². The maximum Gasteiger partial charge on any atom is 0.412 e. The number of allylic oxidation sites excluding steroid dienone is 1. The highest BCUT2D eigenvalue weighted by molar-refractivity contribution is 6.31. The van der Waals surface area contributed by atoms with Gasteiger partial charge in [0, 0.05) is 16.8 Å². The second-order valence-corrected chi connectivity index (χ2v) is 5.81. The number of carboxylic acids is 1. The Morgan fingerprint density at radius 1 is 1.38 bits per heavy atom. The summed E-state index contributed by atoms with van der Waals surface area (Å²) in [6.07, 6.45) is 2.31. The average molecular weight is 312 g/mol. The Hall–Kier alpha value is -2.01. The van der Waals surface area contributed by atoms with Crippen molar-refractivity contribution >= 4 is 29.4 Å². The summed E-state index contributed by atoms with van der Waals surface area (Å²) >= 11 is 5.91. The lowest BCUT2D eigenvalue weighted by atomic mass is 10.1. The largest absolute Gasteiger partial charge is 0.478 e. The normalized spacial score (nSPS) is 11.4. The van der Waals surface area contributed by atoms with Crippen molar-refractivity contribution in [3.8, 4) is 0 Å². The number of carbonyl (C=O) groups is 2. The minimum absolute atomic E-state index is 0.356. The summed E-state index contributed by atoms with van der Waals surface area (Å²) in [5, 5.41) is 11.7. The average Bonchev–Trinajstić information content (AvgIpc) is 2.29. The number of nitrogens with one attached hydrogen (secondary N) is 1. The highest BCUT2D eigenvalue weighted by Gasteiger charge is 2.17. The first kappa shape index (κ1) is 17.0. The lowest BCUT2D eigenvalue weighted by Crippen LogP contribution is -2.27. The quantitative estimate of drug-likeness (QED) is 0.828. The molecule has 21 heavy (non-hydrogen) atoms. The lowest BCUT2D eigenvalue weighted by molar-refractivity contribution is -0.131. The van der Waals surface area contributed by atoms with Gasteiger partial charge in [0.2, 0.25) is 0 Å². The van der Waals surface area contributed by atoms with E-state index in [4.69, 9.17) is 21.4 Å². The number of ether oxygens (including phenoxy) is 1. The molecule has 0 fully saturated rings. The third kappa shape index (κ3) is 6.81. The van der Waals surface area contributed by atoms with E-state index in [0.29, 0.717) is 17.1 Å². The number of rotatable bonds is 4. The molecular weight excluding hydrogens is 294 g/mol. The van der Waals surface area contributed by atoms with Crippen LogP contribution in [-0.2, 0) is 16.0 Å². The van der Waals surface area contributed by atoms with Crippen LogP contribution in [0.4, 0.5) is 10.5 Å². The van der Waals surface area contributed by atoms with Crippen LogP contribution in [0.3, 0.4) is 0 Å². The van der Waals surface area contributed by atoms with E-state index in [9.17, 15) is 9.59 Å². The van der Waals surface area contributed by atoms with Crippen molar-refractivity contribution in [1.29, 1.82) is 0 Å². The fourth-order valence-corrected chi connectivity index (χ4v) is 1.72. The minimum Gasteiger partial charge on any atom is -0.478 e. The van der Waals surface area contributed by atoms with E-state index in [2.05, 4.69) is 5.32 Å². The summed E-state index contributed by atoms with van der Waals surface area (Å²) in [5.74, 6) is -1.02. The van der Waals surface area contributed by atoms with Crippen LogP contribution in [0.1, 0.15) is 26.3 Å². The smallest absolute Gasteiger partial charge is 0.412 e. The van der Waals surface area contributed by atoms with Crippen LogP contribution in [0.25, 0.3) is 0 Å². The molecule has 114 valence electrons. The molecule has 0 heterocycles. The number of carbonyl (C=O) groups excluding carboxylic acids is 1. The lowest BCUT2D eigenvalue weighted by Gasteiger charge is -2.20. The molecule has 0 aliphatic heterocycles. The van der Waals surface area contributed by atoms with Gasteiger partial charge in [0.05, 0.1) is 0 Å². The molecule has 0 saturated carbocycles. The van der Waals surface area contributed by atoms with Gasteiger partial charge in [0.25, 0.3) is 0 Å². The van der Waals surface area contributed by atoms with E-state index in [0.717, 1.165) is 11.6 Å². The van der Waals surface area contributed by atoms with Crippen molar-refractivity contribution in [2.24, 2.45) is 0 Å². The zero-order valence-electron chi connectivity index (χ0n) is 12.1. The third-order valence-electron chi connectivity index (χ3n) is 2.31. The first-order valence-electron chi connectivity index (χ1n) is 6.35. The van der Waals surface area contributed by atoms with Crippen molar-refractivity contribution in [2.75, 3.05) is 5.32 Å². The summed E-state index contributed by atoms with van der Waals surface area (Å²) in [6, 6.07) is 4.99. The van der Waals surface area contributed by atoms with Gasteiger partial charge < -0.3 is 9.84 Å². The molecule has 1 rings (SSSR count). The van der Waals surface area contributed by atoms with Crippen LogP contribution in [-0.4, -0.2) is 22.8 Å². The molecule has 0 unspecified atom stereocenters. The molecule has 0 aliphatic carbocycles. The Morgan fingerprint density at radius 2 is 2.05 bits per heavy atom. The molecule has 5 nitrogen and oxygen atoms in total. The molecule has 0 saturated heterocycles. The van der Waals surface area contributed by atoms with Gasteiger partial charge in [-0.15, -0.1) is 0 Å². The van der Waals surface area contributed by atoms with Crippen LogP contribution in [0.15, 0.2) is 30.4 Å². The maximum atomic E-state index is 11.8. The Balaban J connectivity index is 2.87. The number of hydrogen-bond acceptors (Lipinski definition) is 3. The van der Waals surface area contributed by atoms with Crippen LogP contribution in [0.2, 0.25) is 5.02 Å². The van der Waals surface area contributed by atoms with Crippen molar-refractivity contribution < 1.29 is 19.4 Å². The maximum absolute atomic E-state index is 11.8. The highest BCUT2D eigenvalue weighted by atomic mass is 35.5. The van der Waals surface area contributed by atoms with Crippen molar-refractivity contribution in [2.45, 2.75) is 32.8 Å². The van der Waals surface area contributed by atoms with Gasteiger partial charge in [-0.2, -0.15) is 0 Å². The molecule has 0 bridgehead atoms. The monoisotopic (exact) mass is 311 g/mol. The number of aliphatic carboxylic acids is 1. The Bertz CT molecular complexity index is 561. The van der Waals surface area contributed by atoms with Crippen LogP contribution >= 0.6 is 11.6 Å². The van der Waals surface area contributed by atoms with Crippen molar-refractivity contribution in [1.82, 2.24) is 0 Å². The summed E-state index contributed by atoms with van der Waals surface area (Å²) in [6.45, 7) is 5.29. The number of benzene rings is 1. The standard InChI is InChI=1S/C15H18ClNO4/c1-15(2,3)21-14(20)17-12-9-11(16)8-7-10(12)5-4-6-13(18)19/h4,6-9H,5H2,1-3H3,(H,17,20)(H,18,19)/b6-4+. The van der Waals surface area contributed by atoms with E-state index < -0.39 is 17.7 Å². The highest BCUT2D eigenvalue weighted by Crippen LogP contribution is 2.22. The topological polar surface area (TPSA) is 75.6 Å². The number of hydrogen-bond donors (Lipinski definition) is 2. The molecule has 1 amide bonds. The van der Waals surface area contributed by atoms with Crippen molar-refractivity contribution in [3.05, 3.63) is 40.9 Å². The second kappa shape index (κ2) is 7.13. The third-order valence-corrected chi connectivity index (χ3v) is 2.54. The summed E-state index contributed by atoms with van der Waals surface area (Å²) < 4.78 is 5.17. The molecule has 2 N–H and O–H groups in total. The van der Waals surface area contributed by atoms with Gasteiger partial charge in [0.15, 0.2) is 0 Å². The number of anilines is 1. The molecule has 1 aromatic rings. The first-order chi connectivity index (χ1) is 9.67. The van der Waals surface area contributed by atoms with E-state index in [1.165, 1.54) is 6.08 Å². The van der Waals surface area contributed by atoms with Gasteiger partial charge in [-0.1, -0.05) is 23.7 Å². The molecule has 1 aromatic carbocycles. The predicted molar refractivity (Wildman–Crippen MR) is 81.8 cm³/mol. The fourth-order valence-electron chi connectivity index (χ4n) is 1.54. The SMILES string of the molecule is CC(C)(C)OC(=O)Nc1cc(Cl)ccc1C/C=C/C(=O)O. The number of halogens is 1. The molecule has 0 atom stereocenters. The van der Waals surface area contributed by atoms with E-state index in [1.54, 1.807) is 39.0 Å². The van der Waals surface area contributed by atoms with E-state index in [1.807, 2.05) is 0 Å². The zero-order valence-corrected chi connectivity index (χ0v) is 12.9. The summed E-state index contributed by atoms with van der Waals surface area (Å²) in [7, 11) is 0. The molecule has 0 aliphatic rings. The van der Waals surface area contributed by atoms with Gasteiger partial charge in [0.1, 0.15) is 5.60 Å². The van der Waals surface area contributed by atoms with Crippen LogP contribution in [0.5, 0.6) is 0 Å². The Kier molecular flexibility index (Phi) is 5.79. The molecule has 0 radical (unpaired) electrons. The van der Waals surface area contributed by atoms with Crippen LogP contribution in [0, 0.1) is 0 Å². The second-order valence-electron chi connectivity index (χ2n) is 5.37. The van der Waals surface area contributed by atoms with Gasteiger partial charge >= 0.3 is 12.1 Å². The predicted octanol–water partition coefficient (Wildman–Crippen LogP) is 3.87. The van der Waals surface area contributed by atoms with Crippen LogP contribution < -0.4 is 5.32 Å². The summed E-state index contributed by atoms with van der Waals surface area (Å²) in [5.41, 5.74) is 0.626. The number of carboxylic acid groups (broad SMARTS) is 1. The van der Waals surface area contributed by atoms with Gasteiger partial charge in [-0.3, -0.25) is 5.32 Å². The summed E-state index contributed by atoms with van der Waals surface area (Å²) in [4.78, 5) is 22.3. The van der Waals surface area contributed by atoms with E-state index >= 15 is 0 Å². The molecule has 6 heteroatoms. The number of amides is 1. The van der Waals surface area contributed by atoms with Gasteiger partial charge in [-0.25, -0.2) is 9.59 Å². The minimum atomic E-state index is -1.02.